The number of benzene rings is 1. The summed E-state index contributed by atoms with van der Waals surface area (Å²) in [4.78, 5) is 21.8. The molecule has 9 heteroatoms. The Balaban J connectivity index is 0.00000338. The molecule has 0 saturated heterocycles. The van der Waals surface area contributed by atoms with Gasteiger partial charge in [-0.1, -0.05) is 0 Å². The van der Waals surface area contributed by atoms with Gasteiger partial charge in [0, 0.05) is 17.1 Å². The number of anilines is 1. The molecule has 0 aliphatic rings. The smallest absolute Gasteiger partial charge is 0.246 e. The standard InChI is InChI=1S/C17H22FN5OS.HI/c1-4-19-17(20-9-15-11(2)22-12(3)25-15)21-10-16(24)23-14-7-5-13(18)6-8-14;/h5-8H,4,9-10H2,1-3H3,(H,23,24)(H2,19,20,21);1H. The Bertz CT molecular complexity index is 748. The van der Waals surface area contributed by atoms with E-state index in [0.717, 1.165) is 15.6 Å². The third-order valence-corrected chi connectivity index (χ3v) is 4.34. The summed E-state index contributed by atoms with van der Waals surface area (Å²) < 4.78 is 12.9. The zero-order valence-corrected chi connectivity index (χ0v) is 18.1. The van der Waals surface area contributed by atoms with Crippen molar-refractivity contribution in [3.8, 4) is 0 Å². The van der Waals surface area contributed by atoms with Crippen LogP contribution in [0.2, 0.25) is 0 Å². The highest BCUT2D eigenvalue weighted by Crippen LogP contribution is 2.16. The molecule has 0 bridgehead atoms. The molecular weight excluding hydrogens is 468 g/mol. The number of thiazole rings is 1. The summed E-state index contributed by atoms with van der Waals surface area (Å²) in [5.74, 6) is -0.0564. The van der Waals surface area contributed by atoms with Crippen molar-refractivity contribution in [2.45, 2.75) is 27.3 Å². The van der Waals surface area contributed by atoms with Crippen molar-refractivity contribution in [2.24, 2.45) is 4.99 Å². The molecule has 0 saturated carbocycles. The lowest BCUT2D eigenvalue weighted by atomic mass is 10.3. The van der Waals surface area contributed by atoms with Crippen LogP contribution in [-0.4, -0.2) is 29.9 Å². The number of carbonyl (C=O) groups excluding carboxylic acids is 1. The lowest BCUT2D eigenvalue weighted by Crippen LogP contribution is -2.37. The van der Waals surface area contributed by atoms with Gasteiger partial charge in [0.15, 0.2) is 5.96 Å². The van der Waals surface area contributed by atoms with Gasteiger partial charge in [-0.3, -0.25) is 4.79 Å². The van der Waals surface area contributed by atoms with Crippen molar-refractivity contribution < 1.29 is 9.18 Å². The number of amides is 1. The SMILES string of the molecule is CCNC(=NCC(=O)Nc1ccc(F)cc1)NCc1sc(C)nc1C.I. The fraction of sp³-hybridized carbons (Fsp3) is 0.353. The molecule has 0 spiro atoms. The summed E-state index contributed by atoms with van der Waals surface area (Å²) in [5.41, 5.74) is 1.54. The zero-order valence-electron chi connectivity index (χ0n) is 14.9. The van der Waals surface area contributed by atoms with Crippen LogP contribution in [0.1, 0.15) is 22.5 Å². The molecule has 2 aromatic rings. The molecule has 0 aliphatic carbocycles. The average molecular weight is 491 g/mol. The Kier molecular flexibility index (Phi) is 9.49. The van der Waals surface area contributed by atoms with E-state index < -0.39 is 0 Å². The molecule has 1 aromatic carbocycles. The van der Waals surface area contributed by atoms with Crippen LogP contribution >= 0.6 is 35.3 Å². The number of aliphatic imine (C=N–C) groups is 1. The van der Waals surface area contributed by atoms with Gasteiger partial charge >= 0.3 is 0 Å². The molecule has 1 amide bonds. The van der Waals surface area contributed by atoms with Crippen molar-refractivity contribution in [3.63, 3.8) is 0 Å². The monoisotopic (exact) mass is 491 g/mol. The van der Waals surface area contributed by atoms with Crippen LogP contribution in [0.15, 0.2) is 29.3 Å². The first-order chi connectivity index (χ1) is 12.0. The van der Waals surface area contributed by atoms with Crippen LogP contribution in [0.25, 0.3) is 0 Å². The Morgan fingerprint density at radius 1 is 1.23 bits per heavy atom. The zero-order chi connectivity index (χ0) is 18.2. The maximum atomic E-state index is 12.9. The molecule has 1 aromatic heterocycles. The normalized spacial score (nSPS) is 10.8. The minimum absolute atomic E-state index is 0. The summed E-state index contributed by atoms with van der Waals surface area (Å²) in [5, 5.41) is 10.00. The Morgan fingerprint density at radius 2 is 1.92 bits per heavy atom. The molecule has 0 atom stereocenters. The van der Waals surface area contributed by atoms with E-state index in [0.29, 0.717) is 24.7 Å². The molecule has 0 fully saturated rings. The Morgan fingerprint density at radius 3 is 2.50 bits per heavy atom. The first kappa shape index (κ1) is 22.3. The number of hydrogen-bond acceptors (Lipinski definition) is 4. The maximum absolute atomic E-state index is 12.9. The molecule has 0 unspecified atom stereocenters. The fourth-order valence-electron chi connectivity index (χ4n) is 2.13. The van der Waals surface area contributed by atoms with Gasteiger partial charge in [-0.15, -0.1) is 35.3 Å². The van der Waals surface area contributed by atoms with Gasteiger partial charge in [0.25, 0.3) is 0 Å². The molecular formula is C17H23FIN5OS. The summed E-state index contributed by atoms with van der Waals surface area (Å²) in [6.07, 6.45) is 0. The molecule has 0 aliphatic heterocycles. The lowest BCUT2D eigenvalue weighted by Gasteiger charge is -2.11. The van der Waals surface area contributed by atoms with E-state index in [1.54, 1.807) is 11.3 Å². The largest absolute Gasteiger partial charge is 0.357 e. The topological polar surface area (TPSA) is 78.4 Å². The molecule has 26 heavy (non-hydrogen) atoms. The summed E-state index contributed by atoms with van der Waals surface area (Å²) in [7, 11) is 0. The van der Waals surface area contributed by atoms with Gasteiger partial charge in [-0.25, -0.2) is 14.4 Å². The highest BCUT2D eigenvalue weighted by molar-refractivity contribution is 14.0. The van der Waals surface area contributed by atoms with Gasteiger partial charge in [0.1, 0.15) is 12.4 Å². The molecule has 2 rings (SSSR count). The number of rotatable bonds is 6. The first-order valence-electron chi connectivity index (χ1n) is 7.98. The van der Waals surface area contributed by atoms with Gasteiger partial charge in [-0.2, -0.15) is 0 Å². The Labute approximate surface area is 173 Å². The van der Waals surface area contributed by atoms with Crippen molar-refractivity contribution in [2.75, 3.05) is 18.4 Å². The average Bonchev–Trinajstić information content (AvgIpc) is 2.90. The van der Waals surface area contributed by atoms with Crippen LogP contribution in [0.5, 0.6) is 0 Å². The van der Waals surface area contributed by atoms with E-state index in [4.69, 9.17) is 0 Å². The van der Waals surface area contributed by atoms with Crippen molar-refractivity contribution in [1.82, 2.24) is 15.6 Å². The predicted molar refractivity (Wildman–Crippen MR) is 115 cm³/mol. The van der Waals surface area contributed by atoms with Gasteiger partial charge in [0.2, 0.25) is 5.91 Å². The highest BCUT2D eigenvalue weighted by atomic mass is 127. The summed E-state index contributed by atoms with van der Waals surface area (Å²) in [6, 6.07) is 5.61. The van der Waals surface area contributed by atoms with Crippen LogP contribution in [0.4, 0.5) is 10.1 Å². The summed E-state index contributed by atoms with van der Waals surface area (Å²) >= 11 is 1.64. The van der Waals surface area contributed by atoms with E-state index in [9.17, 15) is 9.18 Å². The quantitative estimate of drug-likeness (QED) is 0.330. The highest BCUT2D eigenvalue weighted by Gasteiger charge is 2.07. The number of nitrogens with one attached hydrogen (secondary N) is 3. The van der Waals surface area contributed by atoms with E-state index in [-0.39, 0.29) is 42.2 Å². The number of aromatic nitrogens is 1. The number of aryl methyl sites for hydroxylation is 2. The van der Waals surface area contributed by atoms with E-state index in [1.165, 1.54) is 24.3 Å². The number of guanidine groups is 1. The van der Waals surface area contributed by atoms with Crippen LogP contribution in [0, 0.1) is 19.7 Å². The molecule has 1 heterocycles. The van der Waals surface area contributed by atoms with Crippen molar-refractivity contribution >= 4 is 52.9 Å². The van der Waals surface area contributed by atoms with Gasteiger partial charge in [0.05, 0.1) is 17.2 Å². The Hall–Kier alpha value is -1.75. The van der Waals surface area contributed by atoms with E-state index in [2.05, 4.69) is 25.9 Å². The number of halogens is 2. The van der Waals surface area contributed by atoms with Crippen LogP contribution < -0.4 is 16.0 Å². The number of nitrogens with zero attached hydrogens (tertiary/aromatic N) is 2. The van der Waals surface area contributed by atoms with Crippen LogP contribution in [0.3, 0.4) is 0 Å². The first-order valence-corrected chi connectivity index (χ1v) is 8.80. The van der Waals surface area contributed by atoms with Crippen LogP contribution in [-0.2, 0) is 11.3 Å². The second-order valence-electron chi connectivity index (χ2n) is 5.35. The lowest BCUT2D eigenvalue weighted by molar-refractivity contribution is -0.114. The van der Waals surface area contributed by atoms with Gasteiger partial charge in [-0.05, 0) is 45.0 Å². The predicted octanol–water partition coefficient (Wildman–Crippen LogP) is 3.21. The fourth-order valence-corrected chi connectivity index (χ4v) is 3.00. The second-order valence-corrected chi connectivity index (χ2v) is 6.63. The molecule has 3 N–H and O–H groups in total. The van der Waals surface area contributed by atoms with Gasteiger partial charge < -0.3 is 16.0 Å². The van der Waals surface area contributed by atoms with Crippen molar-refractivity contribution in [1.29, 1.82) is 0 Å². The van der Waals surface area contributed by atoms with E-state index in [1.807, 2.05) is 20.8 Å². The minimum atomic E-state index is -0.344. The second kappa shape index (κ2) is 11.1. The van der Waals surface area contributed by atoms with Crippen molar-refractivity contribution in [3.05, 3.63) is 45.7 Å². The minimum Gasteiger partial charge on any atom is -0.357 e. The number of carbonyl (C=O) groups is 1. The molecule has 6 nitrogen and oxygen atoms in total. The number of hydrogen-bond donors (Lipinski definition) is 3. The molecule has 0 radical (unpaired) electrons. The molecule has 142 valence electrons. The third kappa shape index (κ3) is 7.24. The summed E-state index contributed by atoms with van der Waals surface area (Å²) in [6.45, 7) is 7.15. The third-order valence-electron chi connectivity index (χ3n) is 3.27. The maximum Gasteiger partial charge on any atom is 0.246 e. The van der Waals surface area contributed by atoms with E-state index >= 15 is 0 Å².